The molecule has 1 aliphatic carbocycles. The Morgan fingerprint density at radius 3 is 2.09 bits per heavy atom. The van der Waals surface area contributed by atoms with Crippen LogP contribution in [0.1, 0.15) is 46.0 Å². The van der Waals surface area contributed by atoms with Gasteiger partial charge in [0.1, 0.15) is 0 Å². The van der Waals surface area contributed by atoms with E-state index in [4.69, 9.17) is 5.73 Å². The highest BCUT2D eigenvalue weighted by molar-refractivity contribution is 4.94. The molecule has 0 aliphatic heterocycles. The first-order valence-corrected chi connectivity index (χ1v) is 4.96. The smallest absolute Gasteiger partial charge is 0.00204 e. The first-order valence-electron chi connectivity index (χ1n) is 4.96. The molecule has 1 rings (SSSR count). The number of hydrogen-bond acceptors (Lipinski definition) is 1. The lowest BCUT2D eigenvalue weighted by Crippen LogP contribution is -2.18. The Labute approximate surface area is 70.4 Å². The molecule has 0 aromatic rings. The van der Waals surface area contributed by atoms with Gasteiger partial charge >= 0.3 is 0 Å². The van der Waals surface area contributed by atoms with Crippen LogP contribution >= 0.6 is 0 Å². The minimum atomic E-state index is 0.594. The molecule has 0 amide bonds. The summed E-state index contributed by atoms with van der Waals surface area (Å²) in [6.45, 7) is 5.50. The summed E-state index contributed by atoms with van der Waals surface area (Å²) in [5.74, 6) is 0.932. The van der Waals surface area contributed by atoms with Crippen LogP contribution in [-0.2, 0) is 0 Å². The van der Waals surface area contributed by atoms with Crippen LogP contribution in [0.15, 0.2) is 0 Å². The average Bonchev–Trinajstić information content (AvgIpc) is 2.81. The summed E-state index contributed by atoms with van der Waals surface area (Å²) in [5, 5.41) is 0. The molecule has 11 heavy (non-hydrogen) atoms. The van der Waals surface area contributed by atoms with Crippen LogP contribution < -0.4 is 5.73 Å². The van der Waals surface area contributed by atoms with Crippen LogP contribution in [0.25, 0.3) is 0 Å². The minimum absolute atomic E-state index is 0.594. The fraction of sp³-hybridized carbons (Fsp3) is 1.00. The van der Waals surface area contributed by atoms with Crippen LogP contribution in [-0.4, -0.2) is 6.54 Å². The van der Waals surface area contributed by atoms with Gasteiger partial charge in [0.2, 0.25) is 0 Å². The van der Waals surface area contributed by atoms with Crippen molar-refractivity contribution < 1.29 is 0 Å². The van der Waals surface area contributed by atoms with Crippen molar-refractivity contribution in [2.45, 2.75) is 46.0 Å². The van der Waals surface area contributed by atoms with Gasteiger partial charge in [-0.05, 0) is 37.1 Å². The molecule has 0 spiro atoms. The Morgan fingerprint density at radius 1 is 1.27 bits per heavy atom. The van der Waals surface area contributed by atoms with Crippen LogP contribution in [0.3, 0.4) is 0 Å². The number of rotatable bonds is 5. The molecule has 2 N–H and O–H groups in total. The van der Waals surface area contributed by atoms with Gasteiger partial charge in [0.25, 0.3) is 0 Å². The van der Waals surface area contributed by atoms with Gasteiger partial charge in [-0.2, -0.15) is 0 Å². The van der Waals surface area contributed by atoms with E-state index in [2.05, 4.69) is 13.8 Å². The highest BCUT2D eigenvalue weighted by atomic mass is 14.7. The molecule has 0 unspecified atom stereocenters. The van der Waals surface area contributed by atoms with E-state index in [-0.39, 0.29) is 0 Å². The molecule has 0 atom stereocenters. The molecule has 0 aromatic carbocycles. The maximum atomic E-state index is 5.73. The third-order valence-corrected chi connectivity index (χ3v) is 3.27. The lowest BCUT2D eigenvalue weighted by atomic mass is 9.88. The van der Waals surface area contributed by atoms with E-state index in [1.807, 2.05) is 0 Å². The summed E-state index contributed by atoms with van der Waals surface area (Å²) in [6, 6.07) is 0. The van der Waals surface area contributed by atoms with Gasteiger partial charge in [-0.25, -0.2) is 0 Å². The highest BCUT2D eigenvalue weighted by Crippen LogP contribution is 2.50. The van der Waals surface area contributed by atoms with E-state index < -0.39 is 0 Å². The van der Waals surface area contributed by atoms with Crippen molar-refractivity contribution in [3.05, 3.63) is 0 Å². The van der Waals surface area contributed by atoms with Gasteiger partial charge in [-0.3, -0.25) is 0 Å². The van der Waals surface area contributed by atoms with Gasteiger partial charge in [-0.1, -0.05) is 26.7 Å². The van der Waals surface area contributed by atoms with Crippen LogP contribution in [0.2, 0.25) is 0 Å². The molecule has 1 aliphatic rings. The summed E-state index contributed by atoms with van der Waals surface area (Å²) in [6.07, 6.45) is 6.83. The molecule has 0 heterocycles. The second kappa shape index (κ2) is 3.57. The molecular weight excluding hydrogens is 134 g/mol. The topological polar surface area (TPSA) is 26.0 Å². The fourth-order valence-corrected chi connectivity index (χ4v) is 1.86. The van der Waals surface area contributed by atoms with E-state index in [1.54, 1.807) is 0 Å². The molecular formula is C10H21N. The molecule has 0 saturated heterocycles. The molecule has 0 bridgehead atoms. The minimum Gasteiger partial charge on any atom is -0.330 e. The molecule has 1 fully saturated rings. The van der Waals surface area contributed by atoms with Crippen molar-refractivity contribution in [1.82, 2.24) is 0 Å². The molecule has 0 radical (unpaired) electrons. The molecule has 0 aromatic heterocycles. The summed E-state index contributed by atoms with van der Waals surface area (Å²) in [7, 11) is 0. The lowest BCUT2D eigenvalue weighted by Gasteiger charge is -2.19. The standard InChI is InChI=1S/C10H21N/c1-3-9(4-2)7-10(8-11)5-6-10/h9H,3-8,11H2,1-2H3. The second-order valence-electron chi connectivity index (χ2n) is 4.09. The fourth-order valence-electron chi connectivity index (χ4n) is 1.86. The molecule has 1 heteroatoms. The predicted octanol–water partition coefficient (Wildman–Crippen LogP) is 2.55. The van der Waals surface area contributed by atoms with Crippen molar-refractivity contribution in [1.29, 1.82) is 0 Å². The Hall–Kier alpha value is -0.0400. The van der Waals surface area contributed by atoms with Crippen molar-refractivity contribution in [3.8, 4) is 0 Å². The Bertz CT molecular complexity index is 112. The first kappa shape index (κ1) is 9.05. The monoisotopic (exact) mass is 155 g/mol. The quantitative estimate of drug-likeness (QED) is 0.648. The van der Waals surface area contributed by atoms with E-state index in [1.165, 1.54) is 32.1 Å². The maximum absolute atomic E-state index is 5.73. The number of nitrogens with two attached hydrogens (primary N) is 1. The summed E-state index contributed by atoms with van der Waals surface area (Å²) < 4.78 is 0. The normalized spacial score (nSPS) is 20.7. The van der Waals surface area contributed by atoms with Crippen molar-refractivity contribution in [3.63, 3.8) is 0 Å². The highest BCUT2D eigenvalue weighted by Gasteiger charge is 2.41. The maximum Gasteiger partial charge on any atom is -0.00204 e. The van der Waals surface area contributed by atoms with E-state index >= 15 is 0 Å². The van der Waals surface area contributed by atoms with E-state index in [9.17, 15) is 0 Å². The first-order chi connectivity index (χ1) is 5.26. The van der Waals surface area contributed by atoms with Gasteiger partial charge < -0.3 is 5.73 Å². The molecule has 66 valence electrons. The number of hydrogen-bond donors (Lipinski definition) is 1. The third kappa shape index (κ3) is 2.19. The van der Waals surface area contributed by atoms with E-state index in [0.717, 1.165) is 12.5 Å². The van der Waals surface area contributed by atoms with Gasteiger partial charge in [0.05, 0.1) is 0 Å². The Balaban J connectivity index is 2.27. The zero-order chi connectivity index (χ0) is 8.32. The van der Waals surface area contributed by atoms with Crippen LogP contribution in [0.4, 0.5) is 0 Å². The lowest BCUT2D eigenvalue weighted by molar-refractivity contribution is 0.341. The van der Waals surface area contributed by atoms with Gasteiger partial charge in [0, 0.05) is 0 Å². The van der Waals surface area contributed by atoms with Gasteiger partial charge in [-0.15, -0.1) is 0 Å². The van der Waals surface area contributed by atoms with Crippen molar-refractivity contribution in [2.24, 2.45) is 17.1 Å². The largest absolute Gasteiger partial charge is 0.330 e. The zero-order valence-electron chi connectivity index (χ0n) is 7.90. The van der Waals surface area contributed by atoms with Crippen LogP contribution in [0.5, 0.6) is 0 Å². The summed E-state index contributed by atoms with van der Waals surface area (Å²) in [4.78, 5) is 0. The Morgan fingerprint density at radius 2 is 1.82 bits per heavy atom. The molecule has 1 saturated carbocycles. The van der Waals surface area contributed by atoms with Crippen molar-refractivity contribution in [2.75, 3.05) is 6.54 Å². The predicted molar refractivity (Wildman–Crippen MR) is 49.4 cm³/mol. The average molecular weight is 155 g/mol. The Kier molecular flexibility index (Phi) is 2.94. The zero-order valence-corrected chi connectivity index (χ0v) is 7.90. The van der Waals surface area contributed by atoms with Crippen LogP contribution in [0, 0.1) is 11.3 Å². The SMILES string of the molecule is CCC(CC)CC1(CN)CC1. The summed E-state index contributed by atoms with van der Waals surface area (Å²) in [5.41, 5.74) is 6.32. The third-order valence-electron chi connectivity index (χ3n) is 3.27. The van der Waals surface area contributed by atoms with Gasteiger partial charge in [0.15, 0.2) is 0 Å². The van der Waals surface area contributed by atoms with E-state index in [0.29, 0.717) is 5.41 Å². The van der Waals surface area contributed by atoms with Crippen molar-refractivity contribution >= 4 is 0 Å². The molecule has 1 nitrogen and oxygen atoms in total. The summed E-state index contributed by atoms with van der Waals surface area (Å²) >= 11 is 0. The second-order valence-corrected chi connectivity index (χ2v) is 4.09.